The van der Waals surface area contributed by atoms with E-state index >= 15 is 0 Å². The molecule has 0 unspecified atom stereocenters. The molecule has 0 aliphatic carbocycles. The monoisotopic (exact) mass is 498 g/mol. The Morgan fingerprint density at radius 2 is 1.11 bits per heavy atom. The maximum absolute atomic E-state index is 11.9. The summed E-state index contributed by atoms with van der Waals surface area (Å²) in [6.07, 6.45) is 3.53. The first kappa shape index (κ1) is 31.2. The topological polar surface area (TPSA) is 72.8 Å². The number of aromatic hydroxyl groups is 1. The van der Waals surface area contributed by atoms with Crippen LogP contribution in [0.25, 0.3) is 0 Å². The van der Waals surface area contributed by atoms with Crippen LogP contribution in [-0.4, -0.2) is 30.3 Å². The Balaban J connectivity index is 0.000000369. The molecule has 0 atom stereocenters. The van der Waals surface area contributed by atoms with Crippen molar-refractivity contribution in [2.75, 3.05) is 13.2 Å². The molecule has 0 spiro atoms. The van der Waals surface area contributed by atoms with Gasteiger partial charge in [0.2, 0.25) is 0 Å². The quantitative estimate of drug-likeness (QED) is 0.296. The minimum atomic E-state index is -0.471. The van der Waals surface area contributed by atoms with E-state index in [0.717, 1.165) is 36.8 Å². The smallest absolute Gasteiger partial charge is 0.339 e. The number of esters is 2. The molecular weight excluding hydrogens is 452 g/mol. The van der Waals surface area contributed by atoms with Crippen molar-refractivity contribution < 1.29 is 24.2 Å². The first-order valence-electron chi connectivity index (χ1n) is 13.0. The summed E-state index contributed by atoms with van der Waals surface area (Å²) in [5.74, 6) is -0.478. The molecular formula is C31H46O5. The van der Waals surface area contributed by atoms with Gasteiger partial charge >= 0.3 is 11.9 Å². The van der Waals surface area contributed by atoms with E-state index in [-0.39, 0.29) is 22.0 Å². The second-order valence-corrected chi connectivity index (χ2v) is 11.2. The fourth-order valence-electron chi connectivity index (χ4n) is 3.54. The Labute approximate surface area is 218 Å². The van der Waals surface area contributed by atoms with Crippen LogP contribution in [0.1, 0.15) is 118 Å². The van der Waals surface area contributed by atoms with Crippen LogP contribution in [0.2, 0.25) is 0 Å². The molecule has 0 radical (unpaired) electrons. The summed E-state index contributed by atoms with van der Waals surface area (Å²) in [6, 6.07) is 10.8. The summed E-state index contributed by atoms with van der Waals surface area (Å²) in [5.41, 5.74) is 3.80. The Hall–Kier alpha value is -2.82. The van der Waals surface area contributed by atoms with Gasteiger partial charge in [-0.3, -0.25) is 0 Å². The summed E-state index contributed by atoms with van der Waals surface area (Å²) >= 11 is 0. The fraction of sp³-hybridized carbons (Fsp3) is 0.548. The summed E-state index contributed by atoms with van der Waals surface area (Å²) < 4.78 is 10.3. The molecule has 36 heavy (non-hydrogen) atoms. The van der Waals surface area contributed by atoms with Gasteiger partial charge in [-0.2, -0.15) is 0 Å². The SMILES string of the molecule is CCCCOC(=O)c1ccccc1C(=O)OCCCC.Cc1cc(C(C)(C)C)c(O)c(C(C)(C)C)c1. The summed E-state index contributed by atoms with van der Waals surface area (Å²) in [7, 11) is 0. The number of rotatable bonds is 8. The number of benzene rings is 2. The van der Waals surface area contributed by atoms with Crippen molar-refractivity contribution >= 4 is 11.9 Å². The van der Waals surface area contributed by atoms with Gasteiger partial charge in [-0.05, 0) is 53.9 Å². The Morgan fingerprint density at radius 1 is 0.750 bits per heavy atom. The molecule has 0 heterocycles. The first-order chi connectivity index (χ1) is 16.7. The lowest BCUT2D eigenvalue weighted by atomic mass is 9.78. The molecule has 0 aliphatic heterocycles. The molecule has 5 nitrogen and oxygen atoms in total. The van der Waals surface area contributed by atoms with E-state index in [1.165, 1.54) is 5.56 Å². The second-order valence-electron chi connectivity index (χ2n) is 11.2. The minimum Gasteiger partial charge on any atom is -0.507 e. The van der Waals surface area contributed by atoms with Gasteiger partial charge < -0.3 is 14.6 Å². The van der Waals surface area contributed by atoms with Gasteiger partial charge in [-0.25, -0.2) is 9.59 Å². The normalized spacial score (nSPS) is 11.4. The Bertz CT molecular complexity index is 917. The number of phenolic OH excluding ortho intramolecular Hbond substituents is 1. The van der Waals surface area contributed by atoms with Crippen LogP contribution >= 0.6 is 0 Å². The zero-order chi connectivity index (χ0) is 27.5. The predicted molar refractivity (Wildman–Crippen MR) is 147 cm³/mol. The summed E-state index contributed by atoms with van der Waals surface area (Å²) in [4.78, 5) is 23.9. The molecule has 0 fully saturated rings. The maximum Gasteiger partial charge on any atom is 0.339 e. The van der Waals surface area contributed by atoms with Crippen LogP contribution in [0.4, 0.5) is 0 Å². The molecule has 0 saturated heterocycles. The molecule has 0 saturated carbocycles. The molecule has 5 heteroatoms. The largest absolute Gasteiger partial charge is 0.507 e. The molecule has 200 valence electrons. The molecule has 0 bridgehead atoms. The van der Waals surface area contributed by atoms with E-state index in [0.29, 0.717) is 19.0 Å². The number of unbranched alkanes of at least 4 members (excludes halogenated alkanes) is 2. The number of carbonyl (C=O) groups excluding carboxylic acids is 2. The third-order valence-corrected chi connectivity index (χ3v) is 5.70. The van der Waals surface area contributed by atoms with Crippen LogP contribution in [0.5, 0.6) is 5.75 Å². The van der Waals surface area contributed by atoms with Gasteiger partial charge in [-0.1, -0.05) is 98.1 Å². The third-order valence-electron chi connectivity index (χ3n) is 5.70. The number of aryl methyl sites for hydroxylation is 1. The third kappa shape index (κ3) is 9.67. The van der Waals surface area contributed by atoms with Crippen LogP contribution in [0, 0.1) is 6.92 Å². The average molecular weight is 499 g/mol. The molecule has 0 aliphatic rings. The van der Waals surface area contributed by atoms with E-state index in [9.17, 15) is 14.7 Å². The minimum absolute atomic E-state index is 0.0178. The van der Waals surface area contributed by atoms with Gasteiger partial charge in [0.1, 0.15) is 5.75 Å². The van der Waals surface area contributed by atoms with Crippen molar-refractivity contribution in [3.63, 3.8) is 0 Å². The highest BCUT2D eigenvalue weighted by molar-refractivity contribution is 6.03. The van der Waals surface area contributed by atoms with Gasteiger partial charge in [0.25, 0.3) is 0 Å². The number of hydrogen-bond donors (Lipinski definition) is 1. The highest BCUT2D eigenvalue weighted by Crippen LogP contribution is 2.39. The van der Waals surface area contributed by atoms with Crippen LogP contribution in [0.3, 0.4) is 0 Å². The van der Waals surface area contributed by atoms with Crippen LogP contribution in [0.15, 0.2) is 36.4 Å². The number of hydrogen-bond acceptors (Lipinski definition) is 5. The van der Waals surface area contributed by atoms with Crippen molar-refractivity contribution in [2.24, 2.45) is 0 Å². The predicted octanol–water partition coefficient (Wildman–Crippen LogP) is 7.90. The standard InChI is InChI=1S/C16H22O4.C15H24O/c1-3-5-11-19-15(17)13-9-7-8-10-14(13)16(18)20-12-6-4-2;1-10-8-11(14(2,3)4)13(16)12(9-10)15(5,6)7/h7-10H,3-6,11-12H2,1-2H3;8-9,16H,1-7H3. The highest BCUT2D eigenvalue weighted by Gasteiger charge is 2.25. The van der Waals surface area contributed by atoms with E-state index in [2.05, 4.69) is 60.6 Å². The van der Waals surface area contributed by atoms with Gasteiger partial charge in [0, 0.05) is 0 Å². The molecule has 2 aromatic rings. The van der Waals surface area contributed by atoms with Gasteiger partial charge in [0.15, 0.2) is 0 Å². The van der Waals surface area contributed by atoms with Gasteiger partial charge in [-0.15, -0.1) is 0 Å². The Morgan fingerprint density at radius 3 is 1.42 bits per heavy atom. The highest BCUT2D eigenvalue weighted by atomic mass is 16.5. The number of phenols is 1. The second kappa shape index (κ2) is 14.1. The summed E-state index contributed by atoms with van der Waals surface area (Å²) in [6.45, 7) is 19.7. The van der Waals surface area contributed by atoms with Crippen molar-refractivity contribution in [1.82, 2.24) is 0 Å². The zero-order valence-corrected chi connectivity index (χ0v) is 23.8. The van der Waals surface area contributed by atoms with Crippen molar-refractivity contribution in [1.29, 1.82) is 0 Å². The van der Waals surface area contributed by atoms with Gasteiger partial charge in [0.05, 0.1) is 24.3 Å². The maximum atomic E-state index is 11.9. The zero-order valence-electron chi connectivity index (χ0n) is 23.8. The fourth-order valence-corrected chi connectivity index (χ4v) is 3.54. The van der Waals surface area contributed by atoms with Crippen LogP contribution < -0.4 is 0 Å². The van der Waals surface area contributed by atoms with E-state index in [1.807, 2.05) is 13.8 Å². The lowest BCUT2D eigenvalue weighted by Gasteiger charge is -2.27. The number of ether oxygens (including phenoxy) is 2. The molecule has 1 N–H and O–H groups in total. The van der Waals surface area contributed by atoms with Crippen molar-refractivity contribution in [3.8, 4) is 5.75 Å². The van der Waals surface area contributed by atoms with Crippen molar-refractivity contribution in [2.45, 2.75) is 98.8 Å². The van der Waals surface area contributed by atoms with Crippen LogP contribution in [-0.2, 0) is 20.3 Å². The lowest BCUT2D eigenvalue weighted by Crippen LogP contribution is -2.17. The molecule has 0 amide bonds. The van der Waals surface area contributed by atoms with E-state index < -0.39 is 11.9 Å². The number of carbonyl (C=O) groups is 2. The molecule has 0 aromatic heterocycles. The summed E-state index contributed by atoms with van der Waals surface area (Å²) in [5, 5.41) is 10.4. The van der Waals surface area contributed by atoms with E-state index in [1.54, 1.807) is 24.3 Å². The lowest BCUT2D eigenvalue weighted by molar-refractivity contribution is 0.0452. The molecule has 2 aromatic carbocycles. The van der Waals surface area contributed by atoms with Crippen molar-refractivity contribution in [3.05, 3.63) is 64.2 Å². The molecule has 2 rings (SSSR count). The first-order valence-corrected chi connectivity index (χ1v) is 13.0. The average Bonchev–Trinajstić information content (AvgIpc) is 2.79. The van der Waals surface area contributed by atoms with E-state index in [4.69, 9.17) is 9.47 Å². The Kier molecular flexibility index (Phi) is 12.2.